The average molecular weight is 1620 g/mol. The van der Waals surface area contributed by atoms with Crippen LogP contribution in [0.2, 0.25) is 0 Å². The SMILES string of the molecule is C.C.C.C.C.C.C.C.C.C.C.C.C.C.[C-]#[N+]C(C)(CCC(=O)CCCOCCOCC(=O)CCCOCCOCC(=O)CCCOCCOCC(=O)C(C)C)C(C)C.[C-]#[N+]C(C)(CCC(=O)CCCOCCOCC(=O)CCCOCCOCC(=O)CCCOCCOCC(=O)CCCOCCOCC(=O)C(C)C)C(C)C. The van der Waals surface area contributed by atoms with Crippen LogP contribution in [0, 0.1) is 36.8 Å². The molecule has 678 valence electrons. The molecule has 25 heteroatoms. The maximum Gasteiger partial charge on any atom is 0.232 e. The number of Topliss-reactive ketones (excluding diaryl/α,β-unsaturated/α-hetero) is 9. The average Bonchev–Trinajstić information content (AvgIpc) is 0.885. The fourth-order valence-electron chi connectivity index (χ4n) is 8.09. The minimum atomic E-state index is -0.494. The lowest BCUT2D eigenvalue weighted by molar-refractivity contribution is -0.127. The summed E-state index contributed by atoms with van der Waals surface area (Å²) < 4.78 is 75.3. The van der Waals surface area contributed by atoms with Crippen molar-refractivity contribution in [1.29, 1.82) is 0 Å². The Kier molecular flexibility index (Phi) is 131. The first-order valence-corrected chi connectivity index (χ1v) is 35.5. The number of nitrogens with zero attached hydrogens (tertiary/aromatic N) is 2. The third-order valence-electron chi connectivity index (χ3n) is 15.7. The lowest BCUT2D eigenvalue weighted by atomic mass is 9.84. The van der Waals surface area contributed by atoms with E-state index in [0.717, 1.165) is 0 Å². The van der Waals surface area contributed by atoms with E-state index in [9.17, 15) is 43.2 Å². The number of carbonyl (C=O) groups excluding carboxylic acids is 9. The van der Waals surface area contributed by atoms with Gasteiger partial charge >= 0.3 is 0 Å². The van der Waals surface area contributed by atoms with Gasteiger partial charge in [0, 0.05) is 154 Å². The molecule has 25 nitrogen and oxygen atoms in total. The topological polar surface area (TPSA) is 292 Å². The van der Waals surface area contributed by atoms with Gasteiger partial charge in [-0.3, -0.25) is 43.2 Å². The van der Waals surface area contributed by atoms with Crippen LogP contribution in [0.1, 0.15) is 289 Å². The van der Waals surface area contributed by atoms with Gasteiger partial charge in [0.1, 0.15) is 57.8 Å². The van der Waals surface area contributed by atoms with Crippen molar-refractivity contribution in [2.45, 2.75) is 300 Å². The first kappa shape index (κ1) is 146. The summed E-state index contributed by atoms with van der Waals surface area (Å²) in [4.78, 5) is 114. The molecule has 0 fully saturated rings. The highest BCUT2D eigenvalue weighted by atomic mass is 16.6. The van der Waals surface area contributed by atoms with Crippen molar-refractivity contribution in [3.05, 3.63) is 22.8 Å². The monoisotopic (exact) mass is 1620 g/mol. The second kappa shape index (κ2) is 101. The Morgan fingerprint density at radius 3 is 0.536 bits per heavy atom. The van der Waals surface area contributed by atoms with Gasteiger partial charge in [0.15, 0.2) is 40.5 Å². The van der Waals surface area contributed by atoms with Gasteiger partial charge in [0.2, 0.25) is 11.1 Å². The van der Waals surface area contributed by atoms with Crippen molar-refractivity contribution in [1.82, 2.24) is 0 Å². The molecule has 0 aromatic heterocycles. The van der Waals surface area contributed by atoms with Crippen molar-refractivity contribution in [2.75, 3.05) is 185 Å². The summed E-state index contributed by atoms with van der Waals surface area (Å²) in [5, 5.41) is 0. The molecule has 112 heavy (non-hydrogen) atoms. The second-order valence-electron chi connectivity index (χ2n) is 25.6. The molecule has 0 aliphatic rings. The Morgan fingerprint density at radius 2 is 0.384 bits per heavy atom. The second-order valence-corrected chi connectivity index (χ2v) is 25.6. The molecular weight excluding hydrogens is 1440 g/mol. The van der Waals surface area contributed by atoms with Gasteiger partial charge in [-0.25, -0.2) is 13.1 Å². The van der Waals surface area contributed by atoms with Crippen molar-refractivity contribution >= 4 is 52.0 Å². The Labute approximate surface area is 689 Å². The minimum Gasteiger partial charge on any atom is -0.379 e. The number of rotatable bonds is 73. The summed E-state index contributed by atoms with van der Waals surface area (Å²) >= 11 is 0. The molecule has 0 radical (unpaired) electrons. The zero-order valence-corrected chi connectivity index (χ0v) is 61.6. The van der Waals surface area contributed by atoms with Crippen molar-refractivity contribution in [3.8, 4) is 0 Å². The molecule has 2 unspecified atom stereocenters. The van der Waals surface area contributed by atoms with E-state index in [1.165, 1.54) is 0 Å². The Bertz CT molecular complexity index is 2200. The van der Waals surface area contributed by atoms with E-state index >= 15 is 0 Å². The standard InChI is InChI=1S/C40H69NO13.C33H57NO10.14CH4/c1-33(2)39(46)32-54-28-24-50-20-10-14-38(45)31-53-27-23-49-19-9-13-37(44)30-52-26-22-48-18-8-12-36(43)29-51-25-21-47-17-7-11-35(42)15-16-40(5,41-6)34(3)4;1-27(2)32(38)26-44-23-20-41-17-9-12-31(37)25-43-22-19-40-16-8-11-30(36)24-42-21-18-39-15-7-10-29(35)13-14-33(5,34-6)28(3)4;;;;;;;;;;;;;;/h33-34H,7-32H2,1-5H3;27-28H,7-26H2,1-5H3;14*1H4. The van der Waals surface area contributed by atoms with Gasteiger partial charge in [-0.2, -0.15) is 0 Å². The van der Waals surface area contributed by atoms with E-state index in [4.69, 9.17) is 79.5 Å². The quantitative estimate of drug-likeness (QED) is 0.0404. The minimum absolute atomic E-state index is 0. The summed E-state index contributed by atoms with van der Waals surface area (Å²) in [5.41, 5.74) is -0.981. The van der Waals surface area contributed by atoms with Gasteiger partial charge in [0.05, 0.1) is 92.5 Å². The fraction of sp³-hybridized carbons (Fsp3) is 0.874. The molecule has 0 spiro atoms. The molecule has 0 aromatic rings. The van der Waals surface area contributed by atoms with Gasteiger partial charge in [0.25, 0.3) is 0 Å². The van der Waals surface area contributed by atoms with Crippen molar-refractivity contribution in [2.24, 2.45) is 23.7 Å². The zero-order valence-electron chi connectivity index (χ0n) is 61.6. The number of hydrogen-bond acceptors (Lipinski definition) is 23. The summed E-state index contributed by atoms with van der Waals surface area (Å²) in [6.07, 6.45) is 8.79. The van der Waals surface area contributed by atoms with Crippen LogP contribution in [0.15, 0.2) is 0 Å². The molecule has 0 saturated heterocycles. The number of ether oxygens (including phenoxy) is 14. The lowest BCUT2D eigenvalue weighted by Crippen LogP contribution is -2.28. The maximum atomic E-state index is 12.1. The predicted molar refractivity (Wildman–Crippen MR) is 463 cm³/mol. The Morgan fingerprint density at radius 1 is 0.232 bits per heavy atom. The summed E-state index contributed by atoms with van der Waals surface area (Å²) in [7, 11) is 0. The normalized spacial score (nSPS) is 11.1. The van der Waals surface area contributed by atoms with Crippen LogP contribution >= 0.6 is 0 Å². The van der Waals surface area contributed by atoms with Gasteiger partial charge < -0.3 is 76.0 Å². The van der Waals surface area contributed by atoms with Crippen molar-refractivity contribution < 1.29 is 109 Å². The van der Waals surface area contributed by atoms with Gasteiger partial charge in [-0.15, -0.1) is 0 Å². The van der Waals surface area contributed by atoms with E-state index in [-0.39, 0.29) is 233 Å². The summed E-state index contributed by atoms with van der Waals surface area (Å²) in [5.74, 6) is 0.707. The molecule has 0 amide bonds. The molecule has 0 bridgehead atoms. The van der Waals surface area contributed by atoms with E-state index < -0.39 is 11.1 Å². The van der Waals surface area contributed by atoms with Crippen LogP contribution in [0.5, 0.6) is 0 Å². The van der Waals surface area contributed by atoms with Crippen LogP contribution < -0.4 is 0 Å². The van der Waals surface area contributed by atoms with Crippen LogP contribution in [0.4, 0.5) is 0 Å². The maximum absolute atomic E-state index is 12.1. The number of ketones is 9. The first-order valence-electron chi connectivity index (χ1n) is 35.5. The zero-order chi connectivity index (χ0) is 73.3. The van der Waals surface area contributed by atoms with Gasteiger partial charge in [-0.05, 0) is 44.9 Å². The largest absolute Gasteiger partial charge is 0.379 e. The Hall–Kier alpha value is -4.55. The van der Waals surface area contributed by atoms with E-state index in [2.05, 4.69) is 9.69 Å². The molecule has 0 saturated carbocycles. The molecule has 2 atom stereocenters. The first-order chi connectivity index (χ1) is 46.9. The molecule has 0 aliphatic heterocycles. The molecule has 0 rings (SSSR count). The third kappa shape index (κ3) is 94.3. The number of carbonyl (C=O) groups is 9. The van der Waals surface area contributed by atoms with E-state index in [1.807, 2.05) is 69.2 Å². The molecule has 0 N–H and O–H groups in total. The smallest absolute Gasteiger partial charge is 0.232 e. The van der Waals surface area contributed by atoms with E-state index in [0.29, 0.717) is 248 Å². The highest BCUT2D eigenvalue weighted by Crippen LogP contribution is 2.28. The third-order valence-corrected chi connectivity index (χ3v) is 15.7. The lowest BCUT2D eigenvalue weighted by Gasteiger charge is -2.20. The van der Waals surface area contributed by atoms with Crippen LogP contribution in [0.3, 0.4) is 0 Å². The summed E-state index contributed by atoms with van der Waals surface area (Å²) in [6, 6.07) is 0. The van der Waals surface area contributed by atoms with Crippen LogP contribution in [-0.4, -0.2) is 248 Å². The number of hydrogen-bond donors (Lipinski definition) is 0. The van der Waals surface area contributed by atoms with Crippen LogP contribution in [0.25, 0.3) is 9.69 Å². The highest BCUT2D eigenvalue weighted by Gasteiger charge is 2.35. The molecule has 0 heterocycles. The molecule has 0 aromatic carbocycles. The van der Waals surface area contributed by atoms with Crippen molar-refractivity contribution in [3.63, 3.8) is 0 Å². The summed E-state index contributed by atoms with van der Waals surface area (Å²) in [6.45, 7) is 41.9. The molecule has 0 aliphatic carbocycles. The Balaban J connectivity index is -0.000000106. The fourth-order valence-corrected chi connectivity index (χ4v) is 8.09. The van der Waals surface area contributed by atoms with Gasteiger partial charge in [-0.1, -0.05) is 159 Å². The predicted octanol–water partition coefficient (Wildman–Crippen LogP) is 18.2. The molecular formula is C87H182N2O23. The van der Waals surface area contributed by atoms with Crippen LogP contribution in [-0.2, 0) is 109 Å². The van der Waals surface area contributed by atoms with E-state index in [1.54, 1.807) is 0 Å². The highest BCUT2D eigenvalue weighted by molar-refractivity contribution is 5.83.